The minimum atomic E-state index is -1.14. The Hall–Kier alpha value is -0.950. The number of aromatic nitrogens is 1. The van der Waals surface area contributed by atoms with Crippen molar-refractivity contribution in [2.75, 3.05) is 12.3 Å². The predicted octanol–water partition coefficient (Wildman–Crippen LogP) is 2.65. The summed E-state index contributed by atoms with van der Waals surface area (Å²) >= 11 is 1.39. The van der Waals surface area contributed by atoms with Gasteiger partial charge in [-0.1, -0.05) is 0 Å². The summed E-state index contributed by atoms with van der Waals surface area (Å²) in [6, 6.07) is -0.0189. The maximum atomic E-state index is 12.2. The first-order valence-corrected chi connectivity index (χ1v) is 8.84. The molecule has 2 heterocycles. The highest BCUT2D eigenvalue weighted by molar-refractivity contribution is 7.87. The van der Waals surface area contributed by atoms with E-state index in [0.29, 0.717) is 16.6 Å². The van der Waals surface area contributed by atoms with Gasteiger partial charge in [-0.05, 0) is 33.6 Å². The van der Waals surface area contributed by atoms with Crippen LogP contribution in [0, 0.1) is 0 Å². The summed E-state index contributed by atoms with van der Waals surface area (Å²) in [7, 11) is -1.14. The molecule has 7 heteroatoms. The maximum Gasteiger partial charge on any atom is 0.410 e. The van der Waals surface area contributed by atoms with Gasteiger partial charge >= 0.3 is 6.09 Å². The van der Waals surface area contributed by atoms with Crippen LogP contribution >= 0.6 is 11.3 Å². The quantitative estimate of drug-likeness (QED) is 0.860. The Morgan fingerprint density at radius 2 is 2.35 bits per heavy atom. The van der Waals surface area contributed by atoms with E-state index in [9.17, 15) is 9.00 Å². The maximum absolute atomic E-state index is 12.2. The van der Waals surface area contributed by atoms with Crippen LogP contribution in [-0.4, -0.2) is 44.1 Å². The van der Waals surface area contributed by atoms with Gasteiger partial charge in [0.2, 0.25) is 0 Å². The van der Waals surface area contributed by atoms with Crippen molar-refractivity contribution in [2.24, 2.45) is 0 Å². The van der Waals surface area contributed by atoms with E-state index in [1.807, 2.05) is 26.2 Å². The lowest BCUT2D eigenvalue weighted by molar-refractivity contribution is 0.0241. The van der Waals surface area contributed by atoms with Crippen LogP contribution in [0.2, 0.25) is 0 Å². The summed E-state index contributed by atoms with van der Waals surface area (Å²) in [4.78, 5) is 17.9. The lowest BCUT2D eigenvalue weighted by Gasteiger charge is -2.28. The molecule has 0 aromatic carbocycles. The third-order valence-corrected chi connectivity index (χ3v) is 5.55. The molecule has 1 aromatic rings. The summed E-state index contributed by atoms with van der Waals surface area (Å²) in [5.41, 5.74) is -0.501. The lowest BCUT2D eigenvalue weighted by atomic mass is 10.2. The Morgan fingerprint density at radius 1 is 1.60 bits per heavy atom. The van der Waals surface area contributed by atoms with Gasteiger partial charge in [-0.25, -0.2) is 9.78 Å². The van der Waals surface area contributed by atoms with Crippen molar-refractivity contribution in [1.82, 2.24) is 9.88 Å². The fraction of sp³-hybridized carbons (Fsp3) is 0.692. The van der Waals surface area contributed by atoms with Gasteiger partial charge in [-0.2, -0.15) is 0 Å². The molecule has 1 aromatic heterocycles. The SMILES string of the molecule is CC(C)(C)OC(=O)N1CCC[C@@H]1C[S@](=O)c1nccs1. The highest BCUT2D eigenvalue weighted by Gasteiger charge is 2.33. The van der Waals surface area contributed by atoms with Gasteiger partial charge in [0, 0.05) is 24.2 Å². The fourth-order valence-electron chi connectivity index (χ4n) is 2.14. The first kappa shape index (κ1) is 15.4. The highest BCUT2D eigenvalue weighted by Crippen LogP contribution is 2.23. The molecule has 0 N–H and O–H groups in total. The molecule has 0 bridgehead atoms. The Labute approximate surface area is 125 Å². The Bertz CT molecular complexity index is 482. The number of rotatable bonds is 3. The van der Waals surface area contributed by atoms with Crippen LogP contribution in [0.15, 0.2) is 15.9 Å². The largest absolute Gasteiger partial charge is 0.444 e. The summed E-state index contributed by atoms with van der Waals surface area (Å²) in [5.74, 6) is 0.437. The van der Waals surface area contributed by atoms with Crippen molar-refractivity contribution in [3.05, 3.63) is 11.6 Å². The van der Waals surface area contributed by atoms with Crippen LogP contribution in [0.3, 0.4) is 0 Å². The van der Waals surface area contributed by atoms with Crippen LogP contribution in [-0.2, 0) is 15.5 Å². The molecule has 0 aliphatic carbocycles. The molecule has 1 amide bonds. The van der Waals surface area contributed by atoms with E-state index in [1.54, 1.807) is 11.1 Å². The summed E-state index contributed by atoms with van der Waals surface area (Å²) < 4.78 is 18.2. The zero-order valence-corrected chi connectivity index (χ0v) is 13.6. The van der Waals surface area contributed by atoms with E-state index < -0.39 is 16.4 Å². The first-order valence-electron chi connectivity index (χ1n) is 6.64. The third-order valence-electron chi connectivity index (χ3n) is 2.95. The molecule has 0 saturated carbocycles. The molecule has 1 saturated heterocycles. The number of hydrogen-bond donors (Lipinski definition) is 0. The molecule has 5 nitrogen and oxygen atoms in total. The fourth-order valence-corrected chi connectivity index (χ4v) is 4.32. The predicted molar refractivity (Wildman–Crippen MR) is 79.4 cm³/mol. The van der Waals surface area contributed by atoms with Crippen molar-refractivity contribution in [3.63, 3.8) is 0 Å². The van der Waals surface area contributed by atoms with Crippen LogP contribution in [0.4, 0.5) is 4.79 Å². The zero-order valence-electron chi connectivity index (χ0n) is 12.0. The molecule has 1 aliphatic rings. The summed E-state index contributed by atoms with van der Waals surface area (Å²) in [5, 5.41) is 1.81. The number of likely N-dealkylation sites (tertiary alicyclic amines) is 1. The topological polar surface area (TPSA) is 59.5 Å². The molecular weight excluding hydrogens is 296 g/mol. The Morgan fingerprint density at radius 3 is 2.95 bits per heavy atom. The minimum absolute atomic E-state index is 0.0189. The van der Waals surface area contributed by atoms with Gasteiger partial charge in [-0.3, -0.25) is 4.21 Å². The molecular formula is C13H20N2O3S2. The van der Waals surface area contributed by atoms with E-state index in [2.05, 4.69) is 4.98 Å². The van der Waals surface area contributed by atoms with E-state index >= 15 is 0 Å². The molecule has 2 rings (SSSR count). The summed E-state index contributed by atoms with van der Waals surface area (Å²) in [6.45, 7) is 6.23. The molecule has 0 spiro atoms. The molecule has 2 atom stereocenters. The minimum Gasteiger partial charge on any atom is -0.444 e. The smallest absolute Gasteiger partial charge is 0.410 e. The number of nitrogens with zero attached hydrogens (tertiary/aromatic N) is 2. The summed E-state index contributed by atoms with van der Waals surface area (Å²) in [6.07, 6.45) is 3.14. The van der Waals surface area contributed by atoms with Gasteiger partial charge in [0.1, 0.15) is 5.60 Å². The van der Waals surface area contributed by atoms with Crippen LogP contribution in [0.1, 0.15) is 33.6 Å². The second kappa shape index (κ2) is 6.22. The lowest BCUT2D eigenvalue weighted by Crippen LogP contribution is -2.42. The number of amides is 1. The monoisotopic (exact) mass is 316 g/mol. The van der Waals surface area contributed by atoms with E-state index in [0.717, 1.165) is 12.8 Å². The molecule has 20 heavy (non-hydrogen) atoms. The molecule has 1 fully saturated rings. The number of hydrogen-bond acceptors (Lipinski definition) is 5. The number of carbonyl (C=O) groups excluding carboxylic acids is 1. The normalized spacial score (nSPS) is 20.9. The third kappa shape index (κ3) is 4.02. The molecule has 112 valence electrons. The number of thiazole rings is 1. The second-order valence-corrected chi connectivity index (χ2v) is 8.34. The van der Waals surface area contributed by atoms with Gasteiger partial charge < -0.3 is 9.64 Å². The van der Waals surface area contributed by atoms with Gasteiger partial charge in [0.15, 0.2) is 4.34 Å². The molecule has 0 radical (unpaired) electrons. The highest BCUT2D eigenvalue weighted by atomic mass is 32.2. The van der Waals surface area contributed by atoms with E-state index in [1.165, 1.54) is 11.3 Å². The Balaban J connectivity index is 1.97. The van der Waals surface area contributed by atoms with Crippen molar-refractivity contribution < 1.29 is 13.7 Å². The first-order chi connectivity index (χ1) is 9.37. The van der Waals surface area contributed by atoms with Crippen molar-refractivity contribution >= 4 is 28.2 Å². The zero-order chi connectivity index (χ0) is 14.8. The molecule has 0 unspecified atom stereocenters. The average molecular weight is 316 g/mol. The molecule has 1 aliphatic heterocycles. The second-order valence-electron chi connectivity index (χ2n) is 5.78. The van der Waals surface area contributed by atoms with E-state index in [-0.39, 0.29) is 12.1 Å². The van der Waals surface area contributed by atoms with Gasteiger partial charge in [0.05, 0.1) is 16.6 Å². The number of carbonyl (C=O) groups is 1. The number of ether oxygens (including phenoxy) is 1. The standard InChI is InChI=1S/C13H20N2O3S2/c1-13(2,3)18-12(16)15-7-4-5-10(15)9-20(17)11-14-6-8-19-11/h6,8,10H,4-5,7,9H2,1-3H3/t10-,20+/m1/s1. The average Bonchev–Trinajstić information content (AvgIpc) is 2.96. The van der Waals surface area contributed by atoms with Crippen LogP contribution in [0.25, 0.3) is 0 Å². The van der Waals surface area contributed by atoms with Gasteiger partial charge in [-0.15, -0.1) is 11.3 Å². The van der Waals surface area contributed by atoms with Crippen molar-refractivity contribution in [3.8, 4) is 0 Å². The van der Waals surface area contributed by atoms with Crippen molar-refractivity contribution in [2.45, 2.75) is 49.6 Å². The van der Waals surface area contributed by atoms with Gasteiger partial charge in [0.25, 0.3) is 0 Å². The Kier molecular flexibility index (Phi) is 4.80. The van der Waals surface area contributed by atoms with Crippen LogP contribution in [0.5, 0.6) is 0 Å². The van der Waals surface area contributed by atoms with Crippen LogP contribution < -0.4 is 0 Å². The van der Waals surface area contributed by atoms with E-state index in [4.69, 9.17) is 4.74 Å². The van der Waals surface area contributed by atoms with Crippen molar-refractivity contribution in [1.29, 1.82) is 0 Å².